The van der Waals surface area contributed by atoms with E-state index in [0.29, 0.717) is 37.6 Å². The van der Waals surface area contributed by atoms with Crippen molar-refractivity contribution in [1.29, 1.82) is 0 Å². The van der Waals surface area contributed by atoms with Crippen molar-refractivity contribution in [2.24, 2.45) is 10.2 Å². The highest BCUT2D eigenvalue weighted by atomic mass is 16.4. The Hall–Kier alpha value is -2.76. The van der Waals surface area contributed by atoms with Crippen LogP contribution in [0.1, 0.15) is 56.8 Å². The molecule has 0 radical (unpaired) electrons. The third-order valence-electron chi connectivity index (χ3n) is 4.09. The van der Waals surface area contributed by atoms with Crippen LogP contribution in [0, 0.1) is 12.3 Å². The topological polar surface area (TPSA) is 122 Å². The number of carbonyl (C=O) groups is 2. The molecule has 1 aromatic rings. The SMILES string of the molecule is C#CCCC1(CCNC(=O)CCC(=O)Nc2nnc(C3CC3)o2)N=N1. The molecule has 0 bridgehead atoms. The molecule has 1 fully saturated rings. The molecule has 1 aliphatic heterocycles. The molecule has 1 saturated carbocycles. The molecule has 9 nitrogen and oxygen atoms in total. The Kier molecular flexibility index (Phi) is 5.07. The van der Waals surface area contributed by atoms with Gasteiger partial charge in [0, 0.05) is 44.6 Å². The standard InChI is InChI=1S/C16H20N6O3/c1-2-3-8-16(21-22-16)9-10-17-12(23)6-7-13(24)18-15-20-19-14(25-15)11-4-5-11/h1,11H,3-10H2,(H,17,23)(H,18,20,24). The molecular weight excluding hydrogens is 324 g/mol. The lowest BCUT2D eigenvalue weighted by Gasteiger charge is -2.09. The minimum atomic E-state index is -0.408. The first-order valence-electron chi connectivity index (χ1n) is 8.38. The number of anilines is 1. The molecular formula is C16H20N6O3. The fraction of sp³-hybridized carbons (Fsp3) is 0.625. The van der Waals surface area contributed by atoms with E-state index in [9.17, 15) is 9.59 Å². The van der Waals surface area contributed by atoms with Crippen LogP contribution in [0.4, 0.5) is 6.01 Å². The molecule has 2 heterocycles. The minimum Gasteiger partial charge on any atom is -0.408 e. The minimum absolute atomic E-state index is 0.0456. The van der Waals surface area contributed by atoms with Crippen molar-refractivity contribution in [2.75, 3.05) is 11.9 Å². The number of hydrogen-bond acceptors (Lipinski definition) is 7. The third-order valence-corrected chi connectivity index (χ3v) is 4.09. The highest BCUT2D eigenvalue weighted by Crippen LogP contribution is 2.39. The monoisotopic (exact) mass is 344 g/mol. The normalized spacial score (nSPS) is 16.9. The van der Waals surface area contributed by atoms with Gasteiger partial charge in [-0.05, 0) is 12.8 Å². The van der Waals surface area contributed by atoms with E-state index in [1.165, 1.54) is 0 Å². The van der Waals surface area contributed by atoms with E-state index in [0.717, 1.165) is 12.8 Å². The van der Waals surface area contributed by atoms with Gasteiger partial charge in [-0.2, -0.15) is 10.2 Å². The maximum Gasteiger partial charge on any atom is 0.322 e. The number of nitrogens with one attached hydrogen (secondary N) is 2. The Morgan fingerprint density at radius 3 is 2.64 bits per heavy atom. The first-order valence-corrected chi connectivity index (χ1v) is 8.38. The van der Waals surface area contributed by atoms with Gasteiger partial charge in [0.05, 0.1) is 0 Å². The molecule has 0 unspecified atom stereocenters. The van der Waals surface area contributed by atoms with E-state index in [2.05, 4.69) is 37.0 Å². The van der Waals surface area contributed by atoms with Crippen molar-refractivity contribution in [3.63, 3.8) is 0 Å². The molecule has 132 valence electrons. The zero-order valence-corrected chi connectivity index (χ0v) is 13.8. The molecule has 3 rings (SSSR count). The van der Waals surface area contributed by atoms with Crippen LogP contribution in [0.2, 0.25) is 0 Å². The van der Waals surface area contributed by atoms with Crippen LogP contribution >= 0.6 is 0 Å². The van der Waals surface area contributed by atoms with Gasteiger partial charge in [0.1, 0.15) is 0 Å². The van der Waals surface area contributed by atoms with Gasteiger partial charge in [0.2, 0.25) is 17.7 Å². The summed E-state index contributed by atoms with van der Waals surface area (Å²) < 4.78 is 5.34. The average Bonchev–Trinajstić information content (AvgIpc) is 3.52. The van der Waals surface area contributed by atoms with Crippen molar-refractivity contribution in [3.05, 3.63) is 5.89 Å². The van der Waals surface area contributed by atoms with Crippen molar-refractivity contribution in [1.82, 2.24) is 15.5 Å². The number of terminal acetylenes is 1. The number of amides is 2. The Morgan fingerprint density at radius 2 is 1.96 bits per heavy atom. The smallest absolute Gasteiger partial charge is 0.322 e. The lowest BCUT2D eigenvalue weighted by molar-refractivity contribution is -0.124. The van der Waals surface area contributed by atoms with Gasteiger partial charge in [-0.3, -0.25) is 14.9 Å². The molecule has 1 aromatic heterocycles. The predicted molar refractivity (Wildman–Crippen MR) is 87.4 cm³/mol. The van der Waals surface area contributed by atoms with Crippen molar-refractivity contribution in [2.45, 2.75) is 56.5 Å². The number of rotatable bonds is 10. The number of aromatic nitrogens is 2. The van der Waals surface area contributed by atoms with E-state index >= 15 is 0 Å². The Bertz CT molecular complexity index is 710. The quantitative estimate of drug-likeness (QED) is 0.626. The van der Waals surface area contributed by atoms with Crippen LogP contribution in [-0.4, -0.2) is 34.2 Å². The Morgan fingerprint density at radius 1 is 1.20 bits per heavy atom. The summed E-state index contributed by atoms with van der Waals surface area (Å²) in [6, 6.07) is 0.0831. The van der Waals surface area contributed by atoms with E-state index in [1.54, 1.807) is 0 Å². The summed E-state index contributed by atoms with van der Waals surface area (Å²) in [5.41, 5.74) is -0.408. The average molecular weight is 344 g/mol. The van der Waals surface area contributed by atoms with Crippen LogP contribution in [0.15, 0.2) is 14.6 Å². The highest BCUT2D eigenvalue weighted by Gasteiger charge is 2.38. The zero-order valence-electron chi connectivity index (χ0n) is 13.8. The summed E-state index contributed by atoms with van der Waals surface area (Å²) in [4.78, 5) is 23.6. The lowest BCUT2D eigenvalue weighted by Crippen LogP contribution is -2.29. The fourth-order valence-electron chi connectivity index (χ4n) is 2.35. The van der Waals surface area contributed by atoms with E-state index in [-0.39, 0.29) is 30.7 Å². The van der Waals surface area contributed by atoms with Gasteiger partial charge in [-0.25, -0.2) is 0 Å². The van der Waals surface area contributed by atoms with Crippen LogP contribution in [-0.2, 0) is 9.59 Å². The third kappa shape index (κ3) is 5.11. The molecule has 9 heteroatoms. The molecule has 25 heavy (non-hydrogen) atoms. The largest absolute Gasteiger partial charge is 0.408 e. The van der Waals surface area contributed by atoms with Gasteiger partial charge in [-0.1, -0.05) is 5.10 Å². The summed E-state index contributed by atoms with van der Waals surface area (Å²) in [7, 11) is 0. The number of hydrogen-bond donors (Lipinski definition) is 2. The maximum atomic E-state index is 11.8. The van der Waals surface area contributed by atoms with Gasteiger partial charge in [-0.15, -0.1) is 17.4 Å². The van der Waals surface area contributed by atoms with Crippen molar-refractivity contribution >= 4 is 17.8 Å². The summed E-state index contributed by atoms with van der Waals surface area (Å²) in [6.07, 6.45) is 9.38. The summed E-state index contributed by atoms with van der Waals surface area (Å²) in [5, 5.41) is 20.9. The molecule has 1 aliphatic carbocycles. The number of carbonyl (C=O) groups excluding carboxylic acids is 2. The molecule has 0 aromatic carbocycles. The molecule has 2 N–H and O–H groups in total. The second-order valence-corrected chi connectivity index (χ2v) is 6.25. The Labute approximate surface area is 145 Å². The second-order valence-electron chi connectivity index (χ2n) is 6.25. The van der Waals surface area contributed by atoms with Crippen molar-refractivity contribution in [3.8, 4) is 12.3 Å². The fourth-order valence-corrected chi connectivity index (χ4v) is 2.35. The molecule has 0 atom stereocenters. The molecule has 2 amide bonds. The van der Waals surface area contributed by atoms with Gasteiger partial charge in [0.15, 0.2) is 5.66 Å². The predicted octanol–water partition coefficient (Wildman–Crippen LogP) is 1.75. The van der Waals surface area contributed by atoms with Crippen LogP contribution in [0.3, 0.4) is 0 Å². The van der Waals surface area contributed by atoms with Crippen LogP contribution in [0.5, 0.6) is 0 Å². The van der Waals surface area contributed by atoms with Gasteiger partial charge in [0.25, 0.3) is 0 Å². The summed E-state index contributed by atoms with van der Waals surface area (Å²) in [5.74, 6) is 2.91. The summed E-state index contributed by atoms with van der Waals surface area (Å²) in [6.45, 7) is 0.451. The zero-order chi connectivity index (χ0) is 17.7. The lowest BCUT2D eigenvalue weighted by atomic mass is 10.0. The molecule has 0 spiro atoms. The van der Waals surface area contributed by atoms with Crippen molar-refractivity contribution < 1.29 is 14.0 Å². The maximum absolute atomic E-state index is 11.8. The molecule has 2 aliphatic rings. The van der Waals surface area contributed by atoms with Crippen LogP contribution in [0.25, 0.3) is 0 Å². The first-order chi connectivity index (χ1) is 12.1. The van der Waals surface area contributed by atoms with E-state index in [4.69, 9.17) is 10.8 Å². The van der Waals surface area contributed by atoms with Gasteiger partial charge < -0.3 is 9.73 Å². The van der Waals surface area contributed by atoms with Gasteiger partial charge >= 0.3 is 6.01 Å². The number of nitrogens with zero attached hydrogens (tertiary/aromatic N) is 4. The second kappa shape index (κ2) is 7.42. The highest BCUT2D eigenvalue weighted by molar-refractivity contribution is 5.91. The van der Waals surface area contributed by atoms with Crippen LogP contribution < -0.4 is 10.6 Å². The first kappa shape index (κ1) is 17.1. The Balaban J connectivity index is 1.29. The van der Waals surface area contributed by atoms with E-state index < -0.39 is 5.66 Å². The molecule has 0 saturated heterocycles. The summed E-state index contributed by atoms with van der Waals surface area (Å²) >= 11 is 0. The van der Waals surface area contributed by atoms with E-state index in [1.807, 2.05) is 0 Å².